The third-order valence-electron chi connectivity index (χ3n) is 2.56. The third-order valence-corrected chi connectivity index (χ3v) is 2.56. The van der Waals surface area contributed by atoms with Gasteiger partial charge >= 0.3 is 0 Å². The number of nitrogens with one attached hydrogen (secondary N) is 1. The first kappa shape index (κ1) is 10.5. The van der Waals surface area contributed by atoms with Gasteiger partial charge in [0.25, 0.3) is 0 Å². The zero-order chi connectivity index (χ0) is 9.84. The van der Waals surface area contributed by atoms with Crippen LogP contribution < -0.4 is 16.8 Å². The molecule has 1 fully saturated rings. The minimum atomic E-state index is -0.436. The van der Waals surface area contributed by atoms with Crippen molar-refractivity contribution in [2.75, 3.05) is 0 Å². The highest BCUT2D eigenvalue weighted by Crippen LogP contribution is 2.16. The number of rotatable bonds is 2. The second-order valence-corrected chi connectivity index (χ2v) is 3.85. The normalized spacial score (nSPS) is 31.0. The van der Waals surface area contributed by atoms with E-state index in [-0.39, 0.29) is 18.0 Å². The van der Waals surface area contributed by atoms with Gasteiger partial charge in [0.05, 0.1) is 6.04 Å². The number of carbonyl (C=O) groups is 1. The molecule has 0 aromatic heterocycles. The van der Waals surface area contributed by atoms with E-state index in [0.29, 0.717) is 0 Å². The SMILES string of the molecule is C[C@@H](N)C(=O)NC1CCCCC1N. The number of nitrogens with two attached hydrogens (primary N) is 2. The van der Waals surface area contributed by atoms with E-state index < -0.39 is 6.04 Å². The van der Waals surface area contributed by atoms with Crippen molar-refractivity contribution in [1.29, 1.82) is 0 Å². The van der Waals surface area contributed by atoms with E-state index in [4.69, 9.17) is 11.5 Å². The Labute approximate surface area is 79.0 Å². The van der Waals surface area contributed by atoms with E-state index in [2.05, 4.69) is 5.32 Å². The fourth-order valence-corrected chi connectivity index (χ4v) is 1.65. The van der Waals surface area contributed by atoms with E-state index in [1.54, 1.807) is 6.92 Å². The zero-order valence-corrected chi connectivity index (χ0v) is 8.12. The first-order valence-corrected chi connectivity index (χ1v) is 4.93. The van der Waals surface area contributed by atoms with E-state index in [1.165, 1.54) is 6.42 Å². The van der Waals surface area contributed by atoms with Crippen LogP contribution in [0, 0.1) is 0 Å². The summed E-state index contributed by atoms with van der Waals surface area (Å²) in [4.78, 5) is 11.3. The summed E-state index contributed by atoms with van der Waals surface area (Å²) in [6, 6.07) is -0.196. The van der Waals surface area contributed by atoms with Crippen LogP contribution in [0.15, 0.2) is 0 Å². The fourth-order valence-electron chi connectivity index (χ4n) is 1.65. The Morgan fingerprint density at radius 1 is 1.46 bits per heavy atom. The second-order valence-electron chi connectivity index (χ2n) is 3.85. The van der Waals surface area contributed by atoms with Gasteiger partial charge < -0.3 is 16.8 Å². The molecular formula is C9H19N3O. The summed E-state index contributed by atoms with van der Waals surface area (Å²) in [5, 5.41) is 2.88. The van der Waals surface area contributed by atoms with E-state index in [1.807, 2.05) is 0 Å². The average Bonchev–Trinajstić information content (AvgIpc) is 2.08. The molecule has 1 saturated carbocycles. The topological polar surface area (TPSA) is 81.1 Å². The highest BCUT2D eigenvalue weighted by Gasteiger charge is 2.23. The highest BCUT2D eigenvalue weighted by atomic mass is 16.2. The highest BCUT2D eigenvalue weighted by molar-refractivity contribution is 5.81. The van der Waals surface area contributed by atoms with Crippen molar-refractivity contribution in [3.8, 4) is 0 Å². The molecule has 76 valence electrons. The smallest absolute Gasteiger partial charge is 0.236 e. The average molecular weight is 185 g/mol. The Morgan fingerprint density at radius 3 is 2.62 bits per heavy atom. The first-order chi connectivity index (χ1) is 6.11. The number of amides is 1. The van der Waals surface area contributed by atoms with Crippen molar-refractivity contribution < 1.29 is 4.79 Å². The molecule has 0 heterocycles. The number of hydrogen-bond acceptors (Lipinski definition) is 3. The zero-order valence-electron chi connectivity index (χ0n) is 8.12. The molecule has 0 saturated heterocycles. The lowest BCUT2D eigenvalue weighted by molar-refractivity contribution is -0.123. The molecule has 2 unspecified atom stereocenters. The molecule has 0 aromatic rings. The van der Waals surface area contributed by atoms with Crippen molar-refractivity contribution in [2.45, 2.75) is 50.7 Å². The molecule has 0 bridgehead atoms. The van der Waals surface area contributed by atoms with Crippen LogP contribution in [0.3, 0.4) is 0 Å². The minimum absolute atomic E-state index is 0.0950. The van der Waals surface area contributed by atoms with E-state index >= 15 is 0 Å². The van der Waals surface area contributed by atoms with Gasteiger partial charge in [-0.15, -0.1) is 0 Å². The predicted molar refractivity (Wildman–Crippen MR) is 52.0 cm³/mol. The van der Waals surface area contributed by atoms with Crippen molar-refractivity contribution in [3.05, 3.63) is 0 Å². The summed E-state index contributed by atoms with van der Waals surface area (Å²) in [6.07, 6.45) is 4.31. The standard InChI is InChI=1S/C9H19N3O/c1-6(10)9(13)12-8-5-3-2-4-7(8)11/h6-8H,2-5,10-11H2,1H3,(H,12,13)/t6-,7?,8?/m1/s1. The summed E-state index contributed by atoms with van der Waals surface area (Å²) >= 11 is 0. The molecule has 5 N–H and O–H groups in total. The van der Waals surface area contributed by atoms with Gasteiger partial charge in [0.1, 0.15) is 0 Å². The monoisotopic (exact) mass is 185 g/mol. The largest absolute Gasteiger partial charge is 0.350 e. The van der Waals surface area contributed by atoms with Crippen LogP contribution in [0.2, 0.25) is 0 Å². The van der Waals surface area contributed by atoms with Crippen molar-refractivity contribution >= 4 is 5.91 Å². The molecule has 13 heavy (non-hydrogen) atoms. The third kappa shape index (κ3) is 2.97. The predicted octanol–water partition coefficient (Wildman–Crippen LogP) is -0.280. The molecule has 1 aliphatic carbocycles. The molecular weight excluding hydrogens is 166 g/mol. The Kier molecular flexibility index (Phi) is 3.69. The molecule has 1 aliphatic rings. The van der Waals surface area contributed by atoms with Crippen LogP contribution in [0.5, 0.6) is 0 Å². The minimum Gasteiger partial charge on any atom is -0.350 e. The van der Waals surface area contributed by atoms with Gasteiger partial charge in [0.15, 0.2) is 0 Å². The van der Waals surface area contributed by atoms with Crippen LogP contribution >= 0.6 is 0 Å². The maximum Gasteiger partial charge on any atom is 0.236 e. The van der Waals surface area contributed by atoms with Gasteiger partial charge in [-0.2, -0.15) is 0 Å². The molecule has 3 atom stereocenters. The second kappa shape index (κ2) is 4.58. The first-order valence-electron chi connectivity index (χ1n) is 4.93. The molecule has 4 heteroatoms. The van der Waals surface area contributed by atoms with Gasteiger partial charge in [0, 0.05) is 12.1 Å². The van der Waals surface area contributed by atoms with Gasteiger partial charge in [-0.3, -0.25) is 4.79 Å². The summed E-state index contributed by atoms with van der Waals surface area (Å²) in [6.45, 7) is 1.68. The van der Waals surface area contributed by atoms with Crippen molar-refractivity contribution in [1.82, 2.24) is 5.32 Å². The van der Waals surface area contributed by atoms with Crippen LogP contribution in [0.4, 0.5) is 0 Å². The molecule has 1 amide bonds. The molecule has 0 radical (unpaired) electrons. The Bertz CT molecular complexity index is 182. The molecule has 1 rings (SSSR count). The van der Waals surface area contributed by atoms with Crippen LogP contribution in [0.1, 0.15) is 32.6 Å². The van der Waals surface area contributed by atoms with Gasteiger partial charge in [-0.1, -0.05) is 12.8 Å². The van der Waals surface area contributed by atoms with Crippen LogP contribution in [-0.4, -0.2) is 24.0 Å². The lowest BCUT2D eigenvalue weighted by Crippen LogP contribution is -2.52. The summed E-state index contributed by atoms with van der Waals surface area (Å²) < 4.78 is 0. The van der Waals surface area contributed by atoms with Gasteiger partial charge in [0.2, 0.25) is 5.91 Å². The summed E-state index contributed by atoms with van der Waals surface area (Å²) in [7, 11) is 0. The van der Waals surface area contributed by atoms with Gasteiger partial charge in [-0.25, -0.2) is 0 Å². The lowest BCUT2D eigenvalue weighted by atomic mass is 9.91. The fraction of sp³-hybridized carbons (Fsp3) is 0.889. The summed E-state index contributed by atoms with van der Waals surface area (Å²) in [5.41, 5.74) is 11.3. The molecule has 0 aliphatic heterocycles. The van der Waals surface area contributed by atoms with E-state index in [0.717, 1.165) is 19.3 Å². The number of carbonyl (C=O) groups excluding carboxylic acids is 1. The molecule has 0 spiro atoms. The Balaban J connectivity index is 2.38. The van der Waals surface area contributed by atoms with Gasteiger partial charge in [-0.05, 0) is 19.8 Å². The maximum absolute atomic E-state index is 11.3. The molecule has 0 aromatic carbocycles. The Morgan fingerprint density at radius 2 is 2.08 bits per heavy atom. The lowest BCUT2D eigenvalue weighted by Gasteiger charge is -2.29. The van der Waals surface area contributed by atoms with Crippen molar-refractivity contribution in [2.24, 2.45) is 11.5 Å². The number of hydrogen-bond donors (Lipinski definition) is 3. The molecule has 4 nitrogen and oxygen atoms in total. The Hall–Kier alpha value is -0.610. The van der Waals surface area contributed by atoms with Crippen LogP contribution in [0.25, 0.3) is 0 Å². The van der Waals surface area contributed by atoms with Crippen LogP contribution in [-0.2, 0) is 4.79 Å². The summed E-state index contributed by atoms with van der Waals surface area (Å²) in [5.74, 6) is -0.0950. The quantitative estimate of drug-likeness (QED) is 0.553. The maximum atomic E-state index is 11.3. The van der Waals surface area contributed by atoms with E-state index in [9.17, 15) is 4.79 Å². The van der Waals surface area contributed by atoms with Crippen molar-refractivity contribution in [3.63, 3.8) is 0 Å².